The number of hydrogen-bond donors (Lipinski definition) is 0. The fourth-order valence-corrected chi connectivity index (χ4v) is 3.54. The van der Waals surface area contributed by atoms with Gasteiger partial charge in [0.25, 0.3) is 0 Å². The minimum Gasteiger partial charge on any atom is -0.462 e. The van der Waals surface area contributed by atoms with Crippen molar-refractivity contribution < 1.29 is 9.53 Å². The van der Waals surface area contributed by atoms with Gasteiger partial charge in [-0.25, -0.2) is 4.79 Å². The van der Waals surface area contributed by atoms with Gasteiger partial charge in [0, 0.05) is 10.6 Å². The molecule has 0 saturated heterocycles. The number of fused-ring (bicyclic) bond motifs is 1. The Morgan fingerprint density at radius 1 is 0.957 bits per heavy atom. The molecule has 0 fully saturated rings. The van der Waals surface area contributed by atoms with Crippen LogP contribution >= 0.6 is 11.8 Å². The van der Waals surface area contributed by atoms with Crippen LogP contribution in [0.1, 0.15) is 22.8 Å². The van der Waals surface area contributed by atoms with Gasteiger partial charge < -0.3 is 4.74 Å². The number of esters is 1. The van der Waals surface area contributed by atoms with Crippen LogP contribution in [0.3, 0.4) is 0 Å². The number of hydrogen-bond acceptors (Lipinski definition) is 3. The zero-order valence-corrected chi connectivity index (χ0v) is 13.8. The first-order valence-corrected chi connectivity index (χ1v) is 8.63. The molecular formula is C20H18O2S. The summed E-state index contributed by atoms with van der Waals surface area (Å²) in [5, 5.41) is 2.26. The number of carbonyl (C=O) groups is 1. The third-order valence-corrected chi connectivity index (χ3v) is 4.70. The summed E-state index contributed by atoms with van der Waals surface area (Å²) >= 11 is 1.73. The molecule has 0 spiro atoms. The van der Waals surface area contributed by atoms with Gasteiger partial charge >= 0.3 is 5.97 Å². The first-order chi connectivity index (χ1) is 11.3. The zero-order chi connectivity index (χ0) is 16.1. The quantitative estimate of drug-likeness (QED) is 0.470. The van der Waals surface area contributed by atoms with Gasteiger partial charge in [0.2, 0.25) is 0 Å². The Labute approximate surface area is 140 Å². The molecule has 0 amide bonds. The Bertz CT molecular complexity index is 812. The topological polar surface area (TPSA) is 26.3 Å². The van der Waals surface area contributed by atoms with Crippen molar-refractivity contribution in [2.24, 2.45) is 0 Å². The van der Waals surface area contributed by atoms with Gasteiger partial charge in [-0.1, -0.05) is 48.5 Å². The van der Waals surface area contributed by atoms with E-state index < -0.39 is 0 Å². The molecule has 3 heteroatoms. The maximum atomic E-state index is 12.3. The van der Waals surface area contributed by atoms with Gasteiger partial charge in [0.05, 0.1) is 12.2 Å². The van der Waals surface area contributed by atoms with E-state index in [1.54, 1.807) is 11.8 Å². The average Bonchev–Trinajstić information content (AvgIpc) is 2.60. The van der Waals surface area contributed by atoms with Crippen molar-refractivity contribution in [1.29, 1.82) is 0 Å². The smallest absolute Gasteiger partial charge is 0.338 e. The van der Waals surface area contributed by atoms with E-state index >= 15 is 0 Å². The Balaban J connectivity index is 2.00. The lowest BCUT2D eigenvalue weighted by Crippen LogP contribution is -2.08. The molecule has 0 radical (unpaired) electrons. The lowest BCUT2D eigenvalue weighted by Gasteiger charge is -2.12. The minimum absolute atomic E-state index is 0.248. The summed E-state index contributed by atoms with van der Waals surface area (Å²) in [6.07, 6.45) is 0. The first-order valence-electron chi connectivity index (χ1n) is 7.65. The fourth-order valence-electron chi connectivity index (χ4n) is 2.56. The van der Waals surface area contributed by atoms with Crippen molar-refractivity contribution in [3.63, 3.8) is 0 Å². The molecular weight excluding hydrogens is 304 g/mol. The van der Waals surface area contributed by atoms with Gasteiger partial charge in [-0.2, -0.15) is 0 Å². The molecule has 0 aromatic heterocycles. The fraction of sp³-hybridized carbons (Fsp3) is 0.150. The van der Waals surface area contributed by atoms with Gasteiger partial charge in [-0.05, 0) is 41.5 Å². The van der Waals surface area contributed by atoms with Crippen LogP contribution in [0.2, 0.25) is 0 Å². The average molecular weight is 322 g/mol. The number of benzene rings is 3. The molecule has 0 aliphatic rings. The highest BCUT2D eigenvalue weighted by molar-refractivity contribution is 7.98. The Hall–Kier alpha value is -2.26. The van der Waals surface area contributed by atoms with Crippen LogP contribution in [0.15, 0.2) is 71.6 Å². The van der Waals surface area contributed by atoms with E-state index in [0.717, 1.165) is 22.1 Å². The van der Waals surface area contributed by atoms with Crippen molar-refractivity contribution in [1.82, 2.24) is 0 Å². The summed E-state index contributed by atoms with van der Waals surface area (Å²) in [5.74, 6) is 0.487. The van der Waals surface area contributed by atoms with Crippen LogP contribution in [-0.4, -0.2) is 12.6 Å². The summed E-state index contributed by atoms with van der Waals surface area (Å²) in [4.78, 5) is 13.5. The molecule has 0 unspecified atom stereocenters. The molecule has 0 saturated carbocycles. The third-order valence-electron chi connectivity index (χ3n) is 3.66. The second-order valence-electron chi connectivity index (χ2n) is 5.14. The van der Waals surface area contributed by atoms with E-state index in [-0.39, 0.29) is 5.97 Å². The van der Waals surface area contributed by atoms with Crippen LogP contribution in [0.5, 0.6) is 0 Å². The van der Waals surface area contributed by atoms with Crippen molar-refractivity contribution in [2.45, 2.75) is 17.6 Å². The van der Waals surface area contributed by atoms with Crippen LogP contribution in [0.25, 0.3) is 10.8 Å². The normalized spacial score (nSPS) is 10.7. The van der Waals surface area contributed by atoms with Gasteiger partial charge in [0.15, 0.2) is 0 Å². The van der Waals surface area contributed by atoms with Crippen molar-refractivity contribution in [3.05, 3.63) is 77.9 Å². The highest BCUT2D eigenvalue weighted by Crippen LogP contribution is 2.30. The highest BCUT2D eigenvalue weighted by Gasteiger charge is 2.15. The molecule has 2 nitrogen and oxygen atoms in total. The van der Waals surface area contributed by atoms with Crippen molar-refractivity contribution in [3.8, 4) is 0 Å². The molecule has 23 heavy (non-hydrogen) atoms. The Morgan fingerprint density at radius 3 is 2.48 bits per heavy atom. The summed E-state index contributed by atoms with van der Waals surface area (Å²) in [6.45, 7) is 2.22. The monoisotopic (exact) mass is 322 g/mol. The lowest BCUT2D eigenvalue weighted by molar-refractivity contribution is 0.0525. The van der Waals surface area contributed by atoms with Crippen LogP contribution in [0, 0.1) is 0 Å². The lowest BCUT2D eigenvalue weighted by atomic mass is 10.00. The van der Waals surface area contributed by atoms with Crippen LogP contribution in [-0.2, 0) is 10.5 Å². The van der Waals surface area contributed by atoms with Crippen LogP contribution < -0.4 is 0 Å². The minimum atomic E-state index is -0.248. The van der Waals surface area contributed by atoms with E-state index in [9.17, 15) is 4.79 Å². The number of ether oxygens (including phenoxy) is 1. The summed E-state index contributed by atoms with van der Waals surface area (Å²) in [5.41, 5.74) is 1.70. The molecule has 116 valence electrons. The predicted molar refractivity (Wildman–Crippen MR) is 95.9 cm³/mol. The number of carbonyl (C=O) groups excluding carboxylic acids is 1. The molecule has 0 heterocycles. The van der Waals surface area contributed by atoms with Crippen molar-refractivity contribution >= 4 is 28.5 Å². The molecule has 0 N–H and O–H groups in total. The molecule has 3 aromatic rings. The van der Waals surface area contributed by atoms with E-state index in [1.165, 1.54) is 4.90 Å². The van der Waals surface area contributed by atoms with E-state index in [4.69, 9.17) is 4.74 Å². The predicted octanol–water partition coefficient (Wildman–Crippen LogP) is 5.31. The summed E-state index contributed by atoms with van der Waals surface area (Å²) < 4.78 is 5.22. The molecule has 0 aliphatic carbocycles. The Kier molecular flexibility index (Phi) is 4.99. The summed E-state index contributed by atoms with van der Waals surface area (Å²) in [7, 11) is 0. The largest absolute Gasteiger partial charge is 0.462 e. The van der Waals surface area contributed by atoms with Gasteiger partial charge in [0.1, 0.15) is 0 Å². The molecule has 3 rings (SSSR count). The zero-order valence-electron chi connectivity index (χ0n) is 13.0. The molecule has 0 aliphatic heterocycles. The van der Waals surface area contributed by atoms with E-state index in [2.05, 4.69) is 24.3 Å². The molecule has 0 atom stereocenters. The molecule has 3 aromatic carbocycles. The van der Waals surface area contributed by atoms with Crippen molar-refractivity contribution in [2.75, 3.05) is 6.61 Å². The van der Waals surface area contributed by atoms with Crippen LogP contribution in [0.4, 0.5) is 0 Å². The highest BCUT2D eigenvalue weighted by atomic mass is 32.2. The maximum absolute atomic E-state index is 12.3. The second-order valence-corrected chi connectivity index (χ2v) is 6.18. The Morgan fingerprint density at radius 2 is 1.70 bits per heavy atom. The second kappa shape index (κ2) is 7.34. The number of thioether (sulfide) groups is 1. The number of rotatable bonds is 5. The third kappa shape index (κ3) is 3.57. The summed E-state index contributed by atoms with van der Waals surface area (Å²) in [6, 6.07) is 22.2. The SMILES string of the molecule is CCOC(=O)c1ccc2ccccc2c1CSc1ccccc1. The molecule has 0 bridgehead atoms. The van der Waals surface area contributed by atoms with E-state index in [0.29, 0.717) is 12.2 Å². The van der Waals surface area contributed by atoms with E-state index in [1.807, 2.05) is 49.4 Å². The first kappa shape index (κ1) is 15.6. The maximum Gasteiger partial charge on any atom is 0.338 e. The standard InChI is InChI=1S/C20H18O2S/c1-2-22-20(21)18-13-12-15-8-6-7-11-17(15)19(18)14-23-16-9-4-3-5-10-16/h3-13H,2,14H2,1H3. The van der Waals surface area contributed by atoms with Gasteiger partial charge in [-0.15, -0.1) is 11.8 Å². The van der Waals surface area contributed by atoms with Gasteiger partial charge in [-0.3, -0.25) is 0 Å².